The van der Waals surface area contributed by atoms with Crippen LogP contribution in [-0.2, 0) is 0 Å². The van der Waals surface area contributed by atoms with Gasteiger partial charge in [0.2, 0.25) is 0 Å². The van der Waals surface area contributed by atoms with Crippen LogP contribution in [0.15, 0.2) is 22.4 Å². The Balaban J connectivity index is 4.01. The quantitative estimate of drug-likeness (QED) is 0.340. The van der Waals surface area contributed by atoms with Gasteiger partial charge in [0.05, 0.1) is 0 Å². The van der Waals surface area contributed by atoms with E-state index in [-0.39, 0.29) is 5.96 Å². The molecular weight excluding hydrogens is 254 g/mol. The monoisotopic (exact) mass is 265 g/mol. The smallest absolute Gasteiger partial charge is 0.268 e. The molecule has 0 amide bonds. The third-order valence-corrected chi connectivity index (χ3v) is 2.26. The summed E-state index contributed by atoms with van der Waals surface area (Å²) < 4.78 is 0.420. The van der Waals surface area contributed by atoms with Crippen molar-refractivity contribution in [3.05, 3.63) is 22.4 Å². The molecule has 0 aromatic heterocycles. The molecule has 16 heavy (non-hydrogen) atoms. The molecule has 0 aromatic rings. The molecule has 9 heteroatoms. The van der Waals surface area contributed by atoms with Gasteiger partial charge < -0.3 is 10.6 Å². The van der Waals surface area contributed by atoms with Crippen LogP contribution in [0.2, 0.25) is 0 Å². The van der Waals surface area contributed by atoms with Gasteiger partial charge >= 0.3 is 0 Å². The third kappa shape index (κ3) is 8.06. The van der Waals surface area contributed by atoms with E-state index in [4.69, 9.17) is 11.6 Å². The van der Waals surface area contributed by atoms with Crippen molar-refractivity contribution >= 4 is 33.8 Å². The minimum atomic E-state index is -0.786. The summed E-state index contributed by atoms with van der Waals surface area (Å²) in [6.45, 7) is 0.357. The molecule has 0 heterocycles. The number of hydrazone groups is 1. The Morgan fingerprint density at radius 2 is 2.38 bits per heavy atom. The van der Waals surface area contributed by atoms with Gasteiger partial charge in [-0.3, -0.25) is 0 Å². The minimum Gasteiger partial charge on any atom is -0.354 e. The lowest BCUT2D eigenvalue weighted by Crippen LogP contribution is -2.35. The first-order valence-corrected chi connectivity index (χ1v) is 5.77. The molecule has 0 aliphatic heterocycles. The van der Waals surface area contributed by atoms with Crippen LogP contribution >= 0.6 is 23.4 Å². The second kappa shape index (κ2) is 8.98. The second-order valence-electron chi connectivity index (χ2n) is 2.29. The topological polar surface area (TPSA) is 91.9 Å². The van der Waals surface area contributed by atoms with E-state index in [1.54, 1.807) is 12.3 Å². The highest BCUT2D eigenvalue weighted by Crippen LogP contribution is 2.02. The summed E-state index contributed by atoms with van der Waals surface area (Å²) in [5.41, 5.74) is 0. The van der Waals surface area contributed by atoms with Gasteiger partial charge in [-0.2, -0.15) is 0 Å². The van der Waals surface area contributed by atoms with Crippen molar-refractivity contribution in [3.8, 4) is 0 Å². The molecule has 0 unspecified atom stereocenters. The Morgan fingerprint density at radius 3 is 2.88 bits per heavy atom. The highest BCUT2D eigenvalue weighted by Gasteiger charge is 1.98. The molecule has 0 saturated heterocycles. The van der Waals surface area contributed by atoms with Gasteiger partial charge in [0, 0.05) is 19.8 Å². The minimum absolute atomic E-state index is 0.0783. The summed E-state index contributed by atoms with van der Waals surface area (Å²) >= 11 is 6.94. The Bertz CT molecular complexity index is 318. The fraction of sp³-hybridized carbons (Fsp3) is 0.429. The molecule has 7 nitrogen and oxygen atoms in total. The average molecular weight is 266 g/mol. The molecule has 0 aliphatic rings. The van der Waals surface area contributed by atoms with Crippen LogP contribution in [0.3, 0.4) is 0 Å². The van der Waals surface area contributed by atoms with Crippen molar-refractivity contribution in [3.63, 3.8) is 0 Å². The number of halogens is 1. The Morgan fingerprint density at radius 1 is 1.69 bits per heavy atom. The molecule has 2 N–H and O–H groups in total. The Hall–Kier alpha value is -1.28. The summed E-state index contributed by atoms with van der Waals surface area (Å²) in [4.78, 5) is 13.9. The summed E-state index contributed by atoms with van der Waals surface area (Å²) in [5, 5.41) is 17.6. The molecule has 0 aliphatic carbocycles. The fourth-order valence-electron chi connectivity index (χ4n) is 0.628. The first-order valence-electron chi connectivity index (χ1n) is 4.17. The molecule has 90 valence electrons. The van der Waals surface area contributed by atoms with Gasteiger partial charge in [-0.25, -0.2) is 15.1 Å². The predicted molar refractivity (Wildman–Crippen MR) is 67.4 cm³/mol. The van der Waals surface area contributed by atoms with Crippen LogP contribution in [-0.4, -0.2) is 35.3 Å². The van der Waals surface area contributed by atoms with Crippen LogP contribution < -0.4 is 10.6 Å². The number of rotatable bonds is 4. The number of nitro groups is 1. The second-order valence-corrected chi connectivity index (χ2v) is 3.67. The summed E-state index contributed by atoms with van der Waals surface area (Å²) in [6, 6.07) is 0. The van der Waals surface area contributed by atoms with Crippen molar-refractivity contribution in [2.45, 2.75) is 0 Å². The zero-order valence-electron chi connectivity index (χ0n) is 8.81. The number of guanidine groups is 1. The van der Waals surface area contributed by atoms with Crippen LogP contribution in [0.1, 0.15) is 0 Å². The summed E-state index contributed by atoms with van der Waals surface area (Å²) in [7, 11) is 1.53. The van der Waals surface area contributed by atoms with E-state index in [2.05, 4.69) is 20.7 Å². The van der Waals surface area contributed by atoms with E-state index in [1.165, 1.54) is 25.0 Å². The van der Waals surface area contributed by atoms with Crippen LogP contribution in [0.5, 0.6) is 0 Å². The zero-order valence-corrected chi connectivity index (χ0v) is 10.4. The lowest BCUT2D eigenvalue weighted by Gasteiger charge is -2.01. The number of nitrogens with zero attached hydrogens (tertiary/aromatic N) is 3. The summed E-state index contributed by atoms with van der Waals surface area (Å²) in [6.07, 6.45) is 4.97. The molecule has 0 atom stereocenters. The van der Waals surface area contributed by atoms with E-state index >= 15 is 0 Å². The van der Waals surface area contributed by atoms with Crippen molar-refractivity contribution in [1.29, 1.82) is 0 Å². The third-order valence-electron chi connectivity index (χ3n) is 1.26. The van der Waals surface area contributed by atoms with E-state index in [0.717, 1.165) is 0 Å². The molecule has 0 radical (unpaired) electrons. The van der Waals surface area contributed by atoms with Gasteiger partial charge in [-0.15, -0.1) is 0 Å². The van der Waals surface area contributed by atoms with Crippen LogP contribution in [0.25, 0.3) is 0 Å². The standard InChI is InChI=1S/C7H12ClN5O2S/c1-9-7(12-13(14)15)11-5-3-4-10-6(8)16-2/h3-4H,5H2,1-2H3,(H2,9,11,12)/b4-3+,10-6-. The Kier molecular flexibility index (Phi) is 8.26. The number of hydrogen-bond acceptors (Lipinski definition) is 4. The maximum absolute atomic E-state index is 10.1. The lowest BCUT2D eigenvalue weighted by molar-refractivity contribution is -0.485. The summed E-state index contributed by atoms with van der Waals surface area (Å²) in [5.74, 6) is 0.0783. The van der Waals surface area contributed by atoms with Crippen LogP contribution in [0.4, 0.5) is 0 Å². The van der Waals surface area contributed by atoms with E-state index in [0.29, 0.717) is 11.0 Å². The average Bonchev–Trinajstić information content (AvgIpc) is 2.26. The fourth-order valence-corrected chi connectivity index (χ4v) is 0.850. The molecular formula is C7H12ClN5O2S. The first kappa shape index (κ1) is 14.7. The van der Waals surface area contributed by atoms with Crippen LogP contribution in [0, 0.1) is 10.1 Å². The molecule has 0 bridgehead atoms. The number of hydrogen-bond donors (Lipinski definition) is 2. The molecule has 0 spiro atoms. The number of aliphatic imine (C=N–C) groups is 1. The number of thioether (sulfide) groups is 1. The van der Waals surface area contributed by atoms with E-state index < -0.39 is 5.03 Å². The Labute approximate surface area is 102 Å². The molecule has 0 saturated carbocycles. The lowest BCUT2D eigenvalue weighted by atomic mass is 10.6. The van der Waals surface area contributed by atoms with Gasteiger partial charge in [0.25, 0.3) is 5.96 Å². The molecule has 0 fully saturated rings. The first-order chi connectivity index (χ1) is 7.60. The van der Waals surface area contributed by atoms with Gasteiger partial charge in [0.15, 0.2) is 9.54 Å². The van der Waals surface area contributed by atoms with Crippen molar-refractivity contribution in [2.24, 2.45) is 10.1 Å². The van der Waals surface area contributed by atoms with E-state index in [1.807, 2.05) is 0 Å². The number of nitrogens with one attached hydrogen (secondary N) is 2. The maximum Gasteiger partial charge on any atom is 0.268 e. The van der Waals surface area contributed by atoms with Crippen molar-refractivity contribution in [1.82, 2.24) is 10.6 Å². The molecule has 0 aromatic carbocycles. The van der Waals surface area contributed by atoms with E-state index in [9.17, 15) is 10.1 Å². The maximum atomic E-state index is 10.1. The predicted octanol–water partition coefficient (Wildman–Crippen LogP) is 0.815. The van der Waals surface area contributed by atoms with Gasteiger partial charge in [-0.1, -0.05) is 23.4 Å². The van der Waals surface area contributed by atoms with Crippen molar-refractivity contribution < 1.29 is 5.03 Å². The highest BCUT2D eigenvalue weighted by atomic mass is 35.5. The van der Waals surface area contributed by atoms with Gasteiger partial charge in [0.1, 0.15) is 5.10 Å². The molecule has 0 rings (SSSR count). The van der Waals surface area contributed by atoms with Gasteiger partial charge in [-0.05, 0) is 12.3 Å². The SMILES string of the molecule is CNC(=N[N+](=O)[O-])NC/C=C/N=C(/Cl)SC. The zero-order chi connectivity index (χ0) is 12.4. The largest absolute Gasteiger partial charge is 0.354 e. The normalized spacial score (nSPS) is 12.9. The highest BCUT2D eigenvalue weighted by molar-refractivity contribution is 8.16. The van der Waals surface area contributed by atoms with Crippen molar-refractivity contribution in [2.75, 3.05) is 19.8 Å².